The first kappa shape index (κ1) is 29.8. The number of cyclic esters (lactones) is 2. The van der Waals surface area contributed by atoms with Gasteiger partial charge in [-0.25, -0.2) is 0 Å². The van der Waals surface area contributed by atoms with Crippen LogP contribution < -0.4 is 0 Å². The van der Waals surface area contributed by atoms with E-state index in [-0.39, 0.29) is 6.42 Å². The molecule has 0 bridgehead atoms. The van der Waals surface area contributed by atoms with Crippen LogP contribution in [0.25, 0.3) is 0 Å². The molecule has 1 rings (SSSR count). The Labute approximate surface area is 197 Å². The van der Waals surface area contributed by atoms with Crippen LogP contribution in [0.2, 0.25) is 45.3 Å². The molecule has 0 spiro atoms. The first-order chi connectivity index (χ1) is 14.7. The summed E-state index contributed by atoms with van der Waals surface area (Å²) in [6, 6.07) is 0.536. The number of ether oxygens (including phenoxy) is 1. The first-order valence-electron chi connectivity index (χ1n) is 11.5. The van der Waals surface area contributed by atoms with E-state index in [1.165, 1.54) is 0 Å². The van der Waals surface area contributed by atoms with E-state index in [2.05, 4.69) is 4.74 Å². The maximum atomic E-state index is 11.8. The second-order valence-corrected chi connectivity index (χ2v) is 22.7. The van der Waals surface area contributed by atoms with Crippen LogP contribution in [-0.4, -0.2) is 66.2 Å². The third-order valence-electron chi connectivity index (χ3n) is 4.60. The quantitative estimate of drug-likeness (QED) is 0.167. The molecule has 0 saturated carbocycles. The van der Waals surface area contributed by atoms with E-state index in [1.807, 2.05) is 60.1 Å². The minimum absolute atomic E-state index is 0.136. The SMILES string of the molecule is CCO[Si](C)(C)O[Si](C)(C)O[Si](C)(C)O[Si](CCCC1CC(=O)OC1=O)(OCC)OCC. The molecular weight excluding hydrogens is 485 g/mol. The summed E-state index contributed by atoms with van der Waals surface area (Å²) in [5.41, 5.74) is 0. The van der Waals surface area contributed by atoms with Crippen LogP contribution in [0, 0.1) is 5.92 Å². The summed E-state index contributed by atoms with van der Waals surface area (Å²) in [6.07, 6.45) is 1.30. The zero-order valence-corrected chi connectivity index (χ0v) is 25.2. The fourth-order valence-corrected chi connectivity index (χ4v) is 21.3. The van der Waals surface area contributed by atoms with Gasteiger partial charge in [0.15, 0.2) is 0 Å². The van der Waals surface area contributed by atoms with Crippen LogP contribution in [-0.2, 0) is 39.9 Å². The van der Waals surface area contributed by atoms with Crippen molar-refractivity contribution in [3.05, 3.63) is 0 Å². The molecule has 0 amide bonds. The van der Waals surface area contributed by atoms with Gasteiger partial charge in [0.25, 0.3) is 0 Å². The average molecular weight is 527 g/mol. The molecule has 1 aliphatic heterocycles. The molecule has 1 heterocycles. The Balaban J connectivity index is 2.87. The first-order valence-corrected chi connectivity index (χ1v) is 21.8. The van der Waals surface area contributed by atoms with Crippen LogP contribution in [0.5, 0.6) is 0 Å². The monoisotopic (exact) mass is 526 g/mol. The smallest absolute Gasteiger partial charge is 0.416 e. The van der Waals surface area contributed by atoms with Gasteiger partial charge in [-0.15, -0.1) is 0 Å². The lowest BCUT2D eigenvalue weighted by Gasteiger charge is -2.41. The highest BCUT2D eigenvalue weighted by Crippen LogP contribution is 2.30. The number of hydrogen-bond acceptors (Lipinski definition) is 9. The van der Waals surface area contributed by atoms with Crippen molar-refractivity contribution < 1.29 is 39.9 Å². The Hall–Kier alpha value is -0.232. The standard InChI is InChI=1S/C19H42O9Si4/c1-10-22-29(4,5)26-30(6,7)27-31(8,9)28-32(23-11-2,24-12-3)15-13-14-17-16-18(20)25-19(17)21/h17H,10-16H2,1-9H3. The van der Waals surface area contributed by atoms with Gasteiger partial charge in [0.2, 0.25) is 0 Å². The fraction of sp³-hybridized carbons (Fsp3) is 0.895. The van der Waals surface area contributed by atoms with Crippen LogP contribution >= 0.6 is 0 Å². The van der Waals surface area contributed by atoms with Crippen molar-refractivity contribution in [3.8, 4) is 0 Å². The lowest BCUT2D eigenvalue weighted by Crippen LogP contribution is -2.60. The Morgan fingerprint density at radius 1 is 0.781 bits per heavy atom. The number of carbonyl (C=O) groups is 2. The summed E-state index contributed by atoms with van der Waals surface area (Å²) in [4.78, 5) is 23.1. The average Bonchev–Trinajstić information content (AvgIpc) is 2.89. The minimum atomic E-state index is -3.07. The van der Waals surface area contributed by atoms with Crippen LogP contribution in [0.15, 0.2) is 0 Å². The molecule has 1 fully saturated rings. The molecule has 0 aliphatic carbocycles. The second kappa shape index (κ2) is 12.5. The van der Waals surface area contributed by atoms with Gasteiger partial charge in [0.05, 0.1) is 12.3 Å². The molecule has 0 N–H and O–H groups in total. The van der Waals surface area contributed by atoms with Gasteiger partial charge in [-0.1, -0.05) is 0 Å². The van der Waals surface area contributed by atoms with E-state index in [4.69, 9.17) is 25.6 Å². The van der Waals surface area contributed by atoms with Crippen molar-refractivity contribution in [3.63, 3.8) is 0 Å². The molecule has 0 radical (unpaired) electrons. The Bertz CT molecular complexity index is 622. The van der Waals surface area contributed by atoms with Gasteiger partial charge in [0.1, 0.15) is 0 Å². The van der Waals surface area contributed by atoms with E-state index in [1.54, 1.807) is 0 Å². The number of esters is 2. The summed E-state index contributed by atoms with van der Waals surface area (Å²) in [5, 5.41) is 0. The van der Waals surface area contributed by atoms with Crippen molar-refractivity contribution in [2.75, 3.05) is 19.8 Å². The minimum Gasteiger partial charge on any atom is -0.416 e. The maximum absolute atomic E-state index is 11.8. The predicted octanol–water partition coefficient (Wildman–Crippen LogP) is 4.06. The van der Waals surface area contributed by atoms with Gasteiger partial charge in [-0.05, 0) is 72.9 Å². The van der Waals surface area contributed by atoms with E-state index in [9.17, 15) is 9.59 Å². The van der Waals surface area contributed by atoms with E-state index in [0.29, 0.717) is 38.7 Å². The van der Waals surface area contributed by atoms with Crippen molar-refractivity contribution in [2.45, 2.75) is 85.4 Å². The summed E-state index contributed by atoms with van der Waals surface area (Å²) in [7, 11) is -10.6. The lowest BCUT2D eigenvalue weighted by molar-refractivity contribution is -0.153. The molecule has 1 saturated heterocycles. The molecule has 0 aromatic heterocycles. The molecule has 0 aromatic carbocycles. The topological polar surface area (TPSA) is 98.8 Å². The highest BCUT2D eigenvalue weighted by Gasteiger charge is 2.50. The Morgan fingerprint density at radius 3 is 1.75 bits per heavy atom. The van der Waals surface area contributed by atoms with Crippen molar-refractivity contribution in [1.82, 2.24) is 0 Å². The van der Waals surface area contributed by atoms with Crippen molar-refractivity contribution >= 4 is 46.4 Å². The molecule has 1 atom stereocenters. The summed E-state index contributed by atoms with van der Waals surface area (Å²) in [6.45, 7) is 19.3. The van der Waals surface area contributed by atoms with Crippen LogP contribution in [0.1, 0.15) is 40.0 Å². The van der Waals surface area contributed by atoms with Crippen LogP contribution in [0.4, 0.5) is 0 Å². The highest BCUT2D eigenvalue weighted by atomic mass is 28.5. The van der Waals surface area contributed by atoms with Crippen molar-refractivity contribution in [1.29, 1.82) is 0 Å². The molecule has 0 aromatic rings. The number of hydrogen-bond donors (Lipinski definition) is 0. The van der Waals surface area contributed by atoms with E-state index >= 15 is 0 Å². The third kappa shape index (κ3) is 10.4. The van der Waals surface area contributed by atoms with Gasteiger partial charge >= 0.3 is 46.4 Å². The Kier molecular flexibility index (Phi) is 11.6. The predicted molar refractivity (Wildman–Crippen MR) is 130 cm³/mol. The van der Waals surface area contributed by atoms with Gasteiger partial charge in [0, 0.05) is 25.9 Å². The van der Waals surface area contributed by atoms with Gasteiger partial charge in [-0.3, -0.25) is 9.59 Å². The number of rotatable bonds is 16. The summed E-state index contributed by atoms with van der Waals surface area (Å²) in [5.74, 6) is -1.30. The molecule has 9 nitrogen and oxygen atoms in total. The zero-order valence-electron chi connectivity index (χ0n) is 21.2. The van der Waals surface area contributed by atoms with E-state index in [0.717, 1.165) is 0 Å². The molecule has 32 heavy (non-hydrogen) atoms. The number of carbonyl (C=O) groups excluding carboxylic acids is 2. The highest BCUT2D eigenvalue weighted by molar-refractivity contribution is 6.87. The normalized spacial score (nSPS) is 18.3. The maximum Gasteiger partial charge on any atom is 0.492 e. The van der Waals surface area contributed by atoms with Crippen LogP contribution in [0.3, 0.4) is 0 Å². The summed E-state index contributed by atoms with van der Waals surface area (Å²) >= 11 is 0. The molecule has 1 aliphatic rings. The van der Waals surface area contributed by atoms with Gasteiger partial charge < -0.3 is 30.4 Å². The molecular formula is C19H42O9Si4. The molecule has 1 unspecified atom stereocenters. The largest absolute Gasteiger partial charge is 0.492 e. The zero-order chi connectivity index (χ0) is 24.6. The summed E-state index contributed by atoms with van der Waals surface area (Å²) < 4.78 is 42.1. The second-order valence-electron chi connectivity index (χ2n) is 9.07. The molecule has 13 heteroatoms. The Morgan fingerprint density at radius 2 is 1.28 bits per heavy atom. The van der Waals surface area contributed by atoms with E-state index < -0.39 is 52.3 Å². The fourth-order valence-electron chi connectivity index (χ4n) is 4.02. The lowest BCUT2D eigenvalue weighted by atomic mass is 10.0. The van der Waals surface area contributed by atoms with Crippen molar-refractivity contribution in [2.24, 2.45) is 5.92 Å². The third-order valence-corrected chi connectivity index (χ3v) is 19.1. The molecule has 188 valence electrons. The van der Waals surface area contributed by atoms with Gasteiger partial charge in [-0.2, -0.15) is 0 Å².